The second kappa shape index (κ2) is 11.1. The maximum absolute atomic E-state index is 13.0. The summed E-state index contributed by atoms with van der Waals surface area (Å²) in [4.78, 5) is 22.0. The van der Waals surface area contributed by atoms with E-state index in [2.05, 4.69) is 65.4 Å². The van der Waals surface area contributed by atoms with Crippen LogP contribution >= 0.6 is 23.8 Å². The lowest BCUT2D eigenvalue weighted by Crippen LogP contribution is -2.42. The summed E-state index contributed by atoms with van der Waals surface area (Å²) in [7, 11) is 3.67. The van der Waals surface area contributed by atoms with Gasteiger partial charge < -0.3 is 25.2 Å². The first-order valence-electron chi connectivity index (χ1n) is 13.3. The number of amides is 1. The van der Waals surface area contributed by atoms with E-state index >= 15 is 0 Å². The highest BCUT2D eigenvalue weighted by molar-refractivity contribution is 7.80. The number of allylic oxidation sites excluding steroid dienone is 1. The van der Waals surface area contributed by atoms with Crippen LogP contribution in [0.2, 0.25) is 5.02 Å². The van der Waals surface area contributed by atoms with Gasteiger partial charge in [0, 0.05) is 42.5 Å². The number of methoxy groups -OCH3 is 1. The number of carbonyl (C=O) groups excluding carboxylic acids is 1. The molecule has 40 heavy (non-hydrogen) atoms. The van der Waals surface area contributed by atoms with Gasteiger partial charge in [0.25, 0.3) is 0 Å². The summed E-state index contributed by atoms with van der Waals surface area (Å²) >= 11 is 12.9. The summed E-state index contributed by atoms with van der Waals surface area (Å²) in [5, 5.41) is 7.63. The number of aromatic nitrogens is 1. The van der Waals surface area contributed by atoms with Crippen LogP contribution in [-0.4, -0.2) is 47.1 Å². The Labute approximate surface area is 246 Å². The lowest BCUT2D eigenvalue weighted by Gasteiger charge is -2.41. The number of rotatable bonds is 7. The van der Waals surface area contributed by atoms with E-state index in [1.54, 1.807) is 13.3 Å². The van der Waals surface area contributed by atoms with Crippen LogP contribution in [0.3, 0.4) is 0 Å². The quantitative estimate of drug-likeness (QED) is 0.317. The van der Waals surface area contributed by atoms with Gasteiger partial charge in [0.15, 0.2) is 5.11 Å². The molecule has 1 aromatic heterocycles. The molecular weight excluding hydrogens is 542 g/mol. The van der Waals surface area contributed by atoms with E-state index in [4.69, 9.17) is 28.6 Å². The Bertz CT molecular complexity index is 1480. The minimum atomic E-state index is -0.257. The molecule has 2 aliphatic heterocycles. The normalized spacial score (nSPS) is 19.6. The molecule has 3 heterocycles. The fourth-order valence-electron chi connectivity index (χ4n) is 5.58. The molecule has 0 spiro atoms. The minimum Gasteiger partial charge on any atom is -0.495 e. The third-order valence-electron chi connectivity index (χ3n) is 7.81. The molecule has 2 aliphatic rings. The fraction of sp³-hybridized carbons (Fsp3) is 0.323. The molecule has 5 rings (SSSR count). The Hall–Kier alpha value is -3.62. The van der Waals surface area contributed by atoms with Crippen LogP contribution < -0.4 is 20.3 Å². The summed E-state index contributed by atoms with van der Waals surface area (Å²) < 4.78 is 5.38. The van der Waals surface area contributed by atoms with Crippen molar-refractivity contribution in [1.29, 1.82) is 0 Å². The van der Waals surface area contributed by atoms with Crippen LogP contribution in [0.25, 0.3) is 5.57 Å². The number of hydrogen-bond donors (Lipinski definition) is 2. The first-order valence-corrected chi connectivity index (χ1v) is 14.1. The van der Waals surface area contributed by atoms with Crippen LogP contribution in [0.5, 0.6) is 5.75 Å². The number of nitrogens with one attached hydrogen (secondary N) is 2. The Balaban J connectivity index is 1.49. The molecule has 1 saturated heterocycles. The van der Waals surface area contributed by atoms with Crippen molar-refractivity contribution in [3.63, 3.8) is 0 Å². The number of ether oxygens (including phenoxy) is 1. The zero-order valence-corrected chi connectivity index (χ0v) is 24.9. The lowest BCUT2D eigenvalue weighted by atomic mass is 9.86. The van der Waals surface area contributed by atoms with Gasteiger partial charge in [-0.1, -0.05) is 35.9 Å². The molecule has 0 radical (unpaired) electrons. The van der Waals surface area contributed by atoms with Crippen molar-refractivity contribution in [2.45, 2.75) is 44.8 Å². The predicted molar refractivity (Wildman–Crippen MR) is 166 cm³/mol. The van der Waals surface area contributed by atoms with Gasteiger partial charge in [0.2, 0.25) is 5.91 Å². The van der Waals surface area contributed by atoms with Crippen molar-refractivity contribution in [2.75, 3.05) is 30.9 Å². The molecule has 9 heteroatoms. The predicted octanol–water partition coefficient (Wildman–Crippen LogP) is 6.38. The number of nitrogens with zero attached hydrogens (tertiary/aromatic N) is 3. The van der Waals surface area contributed by atoms with Crippen LogP contribution in [0.4, 0.5) is 11.4 Å². The molecule has 0 bridgehead atoms. The topological polar surface area (TPSA) is 69.7 Å². The molecule has 0 saturated carbocycles. The van der Waals surface area contributed by atoms with Crippen molar-refractivity contribution in [1.82, 2.24) is 15.2 Å². The van der Waals surface area contributed by atoms with Crippen LogP contribution in [0, 0.1) is 0 Å². The summed E-state index contributed by atoms with van der Waals surface area (Å²) in [5.74, 6) is 0.478. The van der Waals surface area contributed by atoms with Gasteiger partial charge in [0.05, 0.1) is 36.1 Å². The van der Waals surface area contributed by atoms with Gasteiger partial charge in [-0.3, -0.25) is 9.78 Å². The summed E-state index contributed by atoms with van der Waals surface area (Å²) in [6.45, 7) is 6.92. The van der Waals surface area contributed by atoms with Crippen molar-refractivity contribution in [3.05, 3.63) is 88.7 Å². The summed E-state index contributed by atoms with van der Waals surface area (Å²) in [6, 6.07) is 16.9. The SMILES string of the molecule is COc1ccccc1NC(=O)CCN1C(=S)N[C@@H](c2ccccn2)[C@H]1c1cc2c(cc1Cl)N(C)C(C)(C)C=C2C. The number of halogens is 1. The smallest absolute Gasteiger partial charge is 0.226 e. The number of likely N-dealkylation sites (N-methyl/N-ethyl adjacent to an activating group) is 1. The Morgan fingerprint density at radius 3 is 2.67 bits per heavy atom. The molecule has 2 atom stereocenters. The second-order valence-electron chi connectivity index (χ2n) is 10.7. The monoisotopic (exact) mass is 575 g/mol. The van der Waals surface area contributed by atoms with Crippen molar-refractivity contribution in [2.24, 2.45) is 0 Å². The average Bonchev–Trinajstić information content (AvgIpc) is 3.26. The first kappa shape index (κ1) is 27.9. The van der Waals surface area contributed by atoms with Crippen molar-refractivity contribution in [3.8, 4) is 5.75 Å². The number of carbonyl (C=O) groups is 1. The van der Waals surface area contributed by atoms with E-state index in [1.807, 2.05) is 48.5 Å². The number of pyridine rings is 1. The van der Waals surface area contributed by atoms with Crippen molar-refractivity contribution >= 4 is 51.8 Å². The van der Waals surface area contributed by atoms with Gasteiger partial charge in [0.1, 0.15) is 5.75 Å². The van der Waals surface area contributed by atoms with Crippen LogP contribution in [0.15, 0.2) is 66.9 Å². The molecule has 1 amide bonds. The highest BCUT2D eigenvalue weighted by Crippen LogP contribution is 2.46. The molecule has 208 valence electrons. The third kappa shape index (κ3) is 5.25. The molecule has 1 fully saturated rings. The van der Waals surface area contributed by atoms with E-state index in [0.717, 1.165) is 22.5 Å². The van der Waals surface area contributed by atoms with E-state index in [1.165, 1.54) is 5.57 Å². The minimum absolute atomic E-state index is 0.129. The maximum atomic E-state index is 13.0. The van der Waals surface area contributed by atoms with Gasteiger partial charge in [-0.05, 0) is 80.5 Å². The number of hydrogen-bond acceptors (Lipinski definition) is 5. The number of anilines is 2. The average molecular weight is 576 g/mol. The molecule has 2 N–H and O–H groups in total. The molecule has 7 nitrogen and oxygen atoms in total. The van der Waals surface area contributed by atoms with Crippen LogP contribution in [0.1, 0.15) is 56.1 Å². The van der Waals surface area contributed by atoms with Crippen LogP contribution in [-0.2, 0) is 4.79 Å². The zero-order valence-electron chi connectivity index (χ0n) is 23.4. The standard InChI is InChI=1S/C31H34ClN5O2S/c1-19-18-31(2,3)36(4)25-17-22(32)21(16-20(19)25)29-28(24-11-8-9-14-33-24)35-30(40)37(29)15-13-27(38)34-23-10-6-7-12-26(23)39-5/h6-12,14,16-18,28-29H,13,15H2,1-5H3,(H,34,38)(H,35,40)/t28-,29+/m0/s1. The van der Waals surface area contributed by atoms with Crippen molar-refractivity contribution < 1.29 is 9.53 Å². The van der Waals surface area contributed by atoms with Gasteiger partial charge in [-0.25, -0.2) is 0 Å². The molecule has 0 unspecified atom stereocenters. The molecule has 3 aromatic rings. The van der Waals surface area contributed by atoms with E-state index in [0.29, 0.717) is 28.1 Å². The third-order valence-corrected chi connectivity index (χ3v) is 8.49. The zero-order chi connectivity index (χ0) is 28.6. The second-order valence-corrected chi connectivity index (χ2v) is 11.5. The summed E-state index contributed by atoms with van der Waals surface area (Å²) in [6.07, 6.45) is 4.28. The fourth-order valence-corrected chi connectivity index (χ4v) is 6.18. The highest BCUT2D eigenvalue weighted by Gasteiger charge is 2.41. The van der Waals surface area contributed by atoms with E-state index in [9.17, 15) is 4.79 Å². The van der Waals surface area contributed by atoms with E-state index in [-0.39, 0.29) is 30.0 Å². The lowest BCUT2D eigenvalue weighted by molar-refractivity contribution is -0.116. The Morgan fingerprint density at radius 1 is 1.20 bits per heavy atom. The Morgan fingerprint density at radius 2 is 1.95 bits per heavy atom. The maximum Gasteiger partial charge on any atom is 0.226 e. The molecular formula is C31H34ClN5O2S. The van der Waals surface area contributed by atoms with Gasteiger partial charge >= 0.3 is 0 Å². The molecule has 2 aromatic carbocycles. The van der Waals surface area contributed by atoms with Gasteiger partial charge in [-0.15, -0.1) is 0 Å². The molecule has 0 aliphatic carbocycles. The first-order chi connectivity index (χ1) is 19.1. The number of para-hydroxylation sites is 2. The number of fused-ring (bicyclic) bond motifs is 1. The Kier molecular flexibility index (Phi) is 7.75. The number of thiocarbonyl (C=S) groups is 1. The summed E-state index contributed by atoms with van der Waals surface area (Å²) in [5.41, 5.74) is 5.71. The van der Waals surface area contributed by atoms with Gasteiger partial charge in [-0.2, -0.15) is 0 Å². The van der Waals surface area contributed by atoms with E-state index < -0.39 is 0 Å². The number of benzene rings is 2. The highest BCUT2D eigenvalue weighted by atomic mass is 35.5. The largest absolute Gasteiger partial charge is 0.495 e.